The second-order valence-corrected chi connectivity index (χ2v) is 8.13. The third kappa shape index (κ3) is 4.72. The van der Waals surface area contributed by atoms with Crippen LogP contribution in [0.2, 0.25) is 0 Å². The minimum absolute atomic E-state index is 0.0507. The fourth-order valence-corrected chi connectivity index (χ4v) is 3.66. The van der Waals surface area contributed by atoms with Crippen LogP contribution in [0.25, 0.3) is 11.6 Å². The van der Waals surface area contributed by atoms with Crippen molar-refractivity contribution in [1.29, 1.82) is 0 Å². The van der Waals surface area contributed by atoms with E-state index in [1.807, 2.05) is 18.2 Å². The predicted octanol–water partition coefficient (Wildman–Crippen LogP) is 2.92. The van der Waals surface area contributed by atoms with Crippen LogP contribution in [0.15, 0.2) is 71.6 Å². The van der Waals surface area contributed by atoms with Gasteiger partial charge in [0.2, 0.25) is 15.9 Å². The zero-order valence-electron chi connectivity index (χ0n) is 15.1. The monoisotopic (exact) mass is 382 g/mol. The molecule has 1 aliphatic rings. The summed E-state index contributed by atoms with van der Waals surface area (Å²) in [7, 11) is -2.07. The van der Waals surface area contributed by atoms with Crippen molar-refractivity contribution in [2.45, 2.75) is 11.3 Å². The summed E-state index contributed by atoms with van der Waals surface area (Å²) in [5.41, 5.74) is 3.25. The van der Waals surface area contributed by atoms with Gasteiger partial charge in [0.1, 0.15) is 0 Å². The first kappa shape index (κ1) is 19.1. The van der Waals surface area contributed by atoms with Crippen molar-refractivity contribution < 1.29 is 13.2 Å². The zero-order valence-corrected chi connectivity index (χ0v) is 15.9. The molecule has 0 saturated carbocycles. The molecule has 0 fully saturated rings. The number of hydrogen-bond acceptors (Lipinski definition) is 3. The molecule has 3 rings (SSSR count). The molecule has 0 atom stereocenters. The Balaban J connectivity index is 1.62. The maximum atomic E-state index is 12.4. The molecular weight excluding hydrogens is 360 g/mol. The number of rotatable bonds is 5. The van der Waals surface area contributed by atoms with Gasteiger partial charge in [0, 0.05) is 19.2 Å². The molecule has 0 aromatic heterocycles. The van der Waals surface area contributed by atoms with Gasteiger partial charge in [0.15, 0.2) is 0 Å². The van der Waals surface area contributed by atoms with Gasteiger partial charge in [-0.15, -0.1) is 0 Å². The quantitative estimate of drug-likeness (QED) is 0.809. The fraction of sp³-hybridized carbons (Fsp3) is 0.190. The van der Waals surface area contributed by atoms with Crippen LogP contribution in [0, 0.1) is 0 Å². The standard InChI is InChI=1S/C21H22N2O3S/c1-22-27(25,26)20-10-7-17(8-11-20)9-12-21(24)23-15-13-19(14-16-23)18-5-3-2-4-6-18/h2-13,22H,14-16H2,1H3/b12-9+. The molecule has 1 heterocycles. The van der Waals surface area contributed by atoms with E-state index in [1.165, 1.54) is 36.4 Å². The molecule has 140 valence electrons. The van der Waals surface area contributed by atoms with Crippen LogP contribution >= 0.6 is 0 Å². The lowest BCUT2D eigenvalue weighted by atomic mass is 9.99. The average molecular weight is 382 g/mol. The largest absolute Gasteiger partial charge is 0.335 e. The smallest absolute Gasteiger partial charge is 0.246 e. The second kappa shape index (κ2) is 8.33. The molecule has 0 saturated heterocycles. The Kier molecular flexibility index (Phi) is 5.88. The Morgan fingerprint density at radius 1 is 1.07 bits per heavy atom. The molecule has 0 unspecified atom stereocenters. The summed E-state index contributed by atoms with van der Waals surface area (Å²) in [6.45, 7) is 1.27. The maximum absolute atomic E-state index is 12.4. The second-order valence-electron chi connectivity index (χ2n) is 6.24. The van der Waals surface area contributed by atoms with Crippen LogP contribution in [0.5, 0.6) is 0 Å². The van der Waals surface area contributed by atoms with Crippen LogP contribution in [0.4, 0.5) is 0 Å². The maximum Gasteiger partial charge on any atom is 0.246 e. The molecule has 27 heavy (non-hydrogen) atoms. The summed E-state index contributed by atoms with van der Waals surface area (Å²) < 4.78 is 25.7. The number of sulfonamides is 1. The Labute approximate surface area is 160 Å². The Morgan fingerprint density at radius 2 is 1.78 bits per heavy atom. The Morgan fingerprint density at radius 3 is 2.37 bits per heavy atom. The van der Waals surface area contributed by atoms with Crippen molar-refractivity contribution in [3.8, 4) is 0 Å². The molecule has 1 amide bonds. The topological polar surface area (TPSA) is 66.5 Å². The van der Waals surface area contributed by atoms with Gasteiger partial charge in [-0.3, -0.25) is 4.79 Å². The van der Waals surface area contributed by atoms with E-state index in [0.29, 0.717) is 13.1 Å². The highest BCUT2D eigenvalue weighted by Crippen LogP contribution is 2.22. The van der Waals surface area contributed by atoms with E-state index in [4.69, 9.17) is 0 Å². The van der Waals surface area contributed by atoms with Gasteiger partial charge in [0.25, 0.3) is 0 Å². The highest BCUT2D eigenvalue weighted by atomic mass is 32.2. The minimum atomic E-state index is -3.45. The summed E-state index contributed by atoms with van der Waals surface area (Å²) in [6, 6.07) is 16.6. The van der Waals surface area contributed by atoms with E-state index in [0.717, 1.165) is 12.0 Å². The molecule has 1 N–H and O–H groups in total. The highest BCUT2D eigenvalue weighted by molar-refractivity contribution is 7.89. The van der Waals surface area contributed by atoms with Crippen LogP contribution in [-0.4, -0.2) is 39.4 Å². The highest BCUT2D eigenvalue weighted by Gasteiger charge is 2.16. The number of carbonyl (C=O) groups excluding carboxylic acids is 1. The molecule has 0 radical (unpaired) electrons. The number of nitrogens with zero attached hydrogens (tertiary/aromatic N) is 1. The fourth-order valence-electron chi connectivity index (χ4n) is 2.93. The van der Waals surface area contributed by atoms with Crippen molar-refractivity contribution in [2.24, 2.45) is 0 Å². The molecule has 1 aliphatic heterocycles. The molecule has 2 aromatic carbocycles. The van der Waals surface area contributed by atoms with E-state index in [1.54, 1.807) is 23.1 Å². The summed E-state index contributed by atoms with van der Waals surface area (Å²) in [4.78, 5) is 14.4. The lowest BCUT2D eigenvalue weighted by Gasteiger charge is -2.25. The number of nitrogens with one attached hydrogen (secondary N) is 1. The predicted molar refractivity (Wildman–Crippen MR) is 107 cm³/mol. The number of hydrogen-bond donors (Lipinski definition) is 1. The van der Waals surface area contributed by atoms with Crippen LogP contribution < -0.4 is 4.72 Å². The molecule has 0 bridgehead atoms. The summed E-state index contributed by atoms with van der Waals surface area (Å²) in [5.74, 6) is -0.0507. The van der Waals surface area contributed by atoms with Crippen molar-refractivity contribution in [3.63, 3.8) is 0 Å². The first-order valence-electron chi connectivity index (χ1n) is 8.74. The third-order valence-corrected chi connectivity index (χ3v) is 5.97. The van der Waals surface area contributed by atoms with E-state index in [-0.39, 0.29) is 10.8 Å². The first-order chi connectivity index (χ1) is 13.0. The Bertz CT molecular complexity index is 962. The van der Waals surface area contributed by atoms with Crippen molar-refractivity contribution >= 4 is 27.6 Å². The first-order valence-corrected chi connectivity index (χ1v) is 10.2. The third-order valence-electron chi connectivity index (χ3n) is 4.54. The van der Waals surface area contributed by atoms with Gasteiger partial charge in [-0.1, -0.05) is 48.5 Å². The summed E-state index contributed by atoms with van der Waals surface area (Å²) in [6.07, 6.45) is 6.17. The van der Waals surface area contributed by atoms with E-state index in [2.05, 4.69) is 22.9 Å². The number of carbonyl (C=O) groups is 1. The van der Waals surface area contributed by atoms with E-state index in [9.17, 15) is 13.2 Å². The number of benzene rings is 2. The van der Waals surface area contributed by atoms with E-state index < -0.39 is 10.0 Å². The summed E-state index contributed by atoms with van der Waals surface area (Å²) in [5, 5.41) is 0. The lowest BCUT2D eigenvalue weighted by molar-refractivity contribution is -0.125. The van der Waals surface area contributed by atoms with Crippen molar-refractivity contribution in [1.82, 2.24) is 9.62 Å². The average Bonchev–Trinajstić information content (AvgIpc) is 2.73. The van der Waals surface area contributed by atoms with Gasteiger partial charge < -0.3 is 4.90 Å². The molecule has 5 nitrogen and oxygen atoms in total. The van der Waals surface area contributed by atoms with E-state index >= 15 is 0 Å². The normalized spacial score (nSPS) is 15.0. The van der Waals surface area contributed by atoms with Crippen LogP contribution in [0.3, 0.4) is 0 Å². The van der Waals surface area contributed by atoms with Gasteiger partial charge >= 0.3 is 0 Å². The van der Waals surface area contributed by atoms with Crippen molar-refractivity contribution in [3.05, 3.63) is 77.9 Å². The molecule has 2 aromatic rings. The van der Waals surface area contributed by atoms with Gasteiger partial charge in [-0.05, 0) is 48.4 Å². The van der Waals surface area contributed by atoms with Crippen LogP contribution in [0.1, 0.15) is 17.5 Å². The van der Waals surface area contributed by atoms with Gasteiger partial charge in [-0.25, -0.2) is 13.1 Å². The SMILES string of the molecule is CNS(=O)(=O)c1ccc(/C=C/C(=O)N2CC=C(c3ccccc3)CC2)cc1. The number of amides is 1. The van der Waals surface area contributed by atoms with Gasteiger partial charge in [-0.2, -0.15) is 0 Å². The zero-order chi connectivity index (χ0) is 19.3. The molecular formula is C21H22N2O3S. The Hall–Kier alpha value is -2.70. The van der Waals surface area contributed by atoms with Crippen molar-refractivity contribution in [2.75, 3.05) is 20.1 Å². The van der Waals surface area contributed by atoms with Crippen LogP contribution in [-0.2, 0) is 14.8 Å². The molecule has 6 heteroatoms. The lowest BCUT2D eigenvalue weighted by Crippen LogP contribution is -2.33. The molecule has 0 aliphatic carbocycles. The minimum Gasteiger partial charge on any atom is -0.335 e. The molecule has 0 spiro atoms. The summed E-state index contributed by atoms with van der Waals surface area (Å²) >= 11 is 0. The van der Waals surface area contributed by atoms with Gasteiger partial charge in [0.05, 0.1) is 4.90 Å².